The molecule has 0 aliphatic rings. The topological polar surface area (TPSA) is 84.5 Å². The third-order valence-corrected chi connectivity index (χ3v) is 6.34. The second-order valence-electron chi connectivity index (χ2n) is 7.28. The van der Waals surface area contributed by atoms with Gasteiger partial charge in [-0.15, -0.1) is 0 Å². The van der Waals surface area contributed by atoms with E-state index in [-0.39, 0.29) is 34.9 Å². The zero-order chi connectivity index (χ0) is 24.9. The van der Waals surface area contributed by atoms with E-state index in [4.69, 9.17) is 16.3 Å². The third-order valence-electron chi connectivity index (χ3n) is 4.69. The van der Waals surface area contributed by atoms with E-state index in [1.54, 1.807) is 31.2 Å². The summed E-state index contributed by atoms with van der Waals surface area (Å²) >= 11 is 5.85. The van der Waals surface area contributed by atoms with E-state index in [9.17, 15) is 26.4 Å². The number of amides is 1. The molecular formula is C23H20ClF3N2O4S. The fraction of sp³-hybridized carbons (Fsp3) is 0.174. The number of benzene rings is 3. The van der Waals surface area contributed by atoms with Crippen LogP contribution in [0, 0.1) is 0 Å². The highest BCUT2D eigenvalue weighted by Crippen LogP contribution is 2.31. The van der Waals surface area contributed by atoms with Gasteiger partial charge >= 0.3 is 6.18 Å². The lowest BCUT2D eigenvalue weighted by Gasteiger charge is -2.15. The summed E-state index contributed by atoms with van der Waals surface area (Å²) in [7, 11) is -4.13. The van der Waals surface area contributed by atoms with Gasteiger partial charge in [0, 0.05) is 10.7 Å². The van der Waals surface area contributed by atoms with Gasteiger partial charge < -0.3 is 10.1 Å². The highest BCUT2D eigenvalue weighted by atomic mass is 35.5. The number of halogens is 4. The van der Waals surface area contributed by atoms with Gasteiger partial charge in [-0.05, 0) is 67.1 Å². The quantitative estimate of drug-likeness (QED) is 0.422. The van der Waals surface area contributed by atoms with Crippen LogP contribution in [0.3, 0.4) is 0 Å². The minimum Gasteiger partial charge on any atom is -0.484 e. The molecular weight excluding hydrogens is 493 g/mol. The zero-order valence-corrected chi connectivity index (χ0v) is 19.3. The largest absolute Gasteiger partial charge is 0.484 e. The number of carbonyl (C=O) groups excluding carboxylic acids is 1. The molecule has 0 heterocycles. The van der Waals surface area contributed by atoms with Gasteiger partial charge in [0.1, 0.15) is 5.75 Å². The molecule has 6 nitrogen and oxygen atoms in total. The Kier molecular flexibility index (Phi) is 7.73. The average molecular weight is 513 g/mol. The average Bonchev–Trinajstić information content (AvgIpc) is 2.78. The molecule has 0 fully saturated rings. The van der Waals surface area contributed by atoms with Gasteiger partial charge in [0.15, 0.2) is 6.61 Å². The summed E-state index contributed by atoms with van der Waals surface area (Å²) in [6, 6.07) is 15.7. The van der Waals surface area contributed by atoms with Crippen molar-refractivity contribution in [1.29, 1.82) is 0 Å². The molecule has 0 aromatic heterocycles. The summed E-state index contributed by atoms with van der Waals surface area (Å²) in [6.07, 6.45) is -4.60. The third kappa shape index (κ3) is 6.88. The van der Waals surface area contributed by atoms with Crippen molar-refractivity contribution in [3.8, 4) is 5.75 Å². The molecule has 0 saturated carbocycles. The second-order valence-corrected chi connectivity index (χ2v) is 9.40. The number of sulfonamides is 1. The standard InChI is InChI=1S/C23H20ClF3N2O4S/c1-15(16-5-7-18(24)8-6-16)28-22(30)14-33-20-9-11-21(12-10-20)34(31,32)29-19-4-2-3-17(13-19)23(25,26)27/h2-13,15,29H,14H2,1H3,(H,28,30)/t15-/m1/s1. The van der Waals surface area contributed by atoms with Crippen molar-refractivity contribution in [3.05, 3.63) is 88.9 Å². The fourth-order valence-electron chi connectivity index (χ4n) is 2.95. The SMILES string of the molecule is C[C@@H](NC(=O)COc1ccc(S(=O)(=O)Nc2cccc(C(F)(F)F)c2)cc1)c1ccc(Cl)cc1. The summed E-state index contributed by atoms with van der Waals surface area (Å²) in [5.41, 5.74) is -0.331. The Morgan fingerprint density at radius 1 is 1.03 bits per heavy atom. The molecule has 3 rings (SSSR count). The minimum absolute atomic E-state index is 0.182. The van der Waals surface area contributed by atoms with Crippen molar-refractivity contribution in [1.82, 2.24) is 5.32 Å². The van der Waals surface area contributed by atoms with Crippen molar-refractivity contribution >= 4 is 33.2 Å². The molecule has 0 spiro atoms. The number of nitrogens with one attached hydrogen (secondary N) is 2. The van der Waals surface area contributed by atoms with E-state index in [2.05, 4.69) is 10.0 Å². The smallest absolute Gasteiger partial charge is 0.416 e. The van der Waals surface area contributed by atoms with E-state index in [0.717, 1.165) is 17.7 Å². The molecule has 3 aromatic rings. The van der Waals surface area contributed by atoms with Crippen LogP contribution in [0.15, 0.2) is 77.7 Å². The highest BCUT2D eigenvalue weighted by Gasteiger charge is 2.30. The molecule has 1 atom stereocenters. The molecule has 3 aromatic carbocycles. The van der Waals surface area contributed by atoms with E-state index < -0.39 is 21.8 Å². The van der Waals surface area contributed by atoms with Crippen LogP contribution >= 0.6 is 11.6 Å². The first-order valence-electron chi connectivity index (χ1n) is 9.92. The van der Waals surface area contributed by atoms with Crippen molar-refractivity contribution in [3.63, 3.8) is 0 Å². The maximum absolute atomic E-state index is 12.8. The Hall–Kier alpha value is -3.24. The van der Waals surface area contributed by atoms with Gasteiger partial charge in [-0.1, -0.05) is 29.8 Å². The number of hydrogen-bond acceptors (Lipinski definition) is 4. The first-order chi connectivity index (χ1) is 15.9. The number of rotatable bonds is 8. The molecule has 0 bridgehead atoms. The van der Waals surface area contributed by atoms with Crippen LogP contribution in [0.1, 0.15) is 24.1 Å². The zero-order valence-electron chi connectivity index (χ0n) is 17.8. The van der Waals surface area contributed by atoms with Gasteiger partial charge in [-0.3, -0.25) is 9.52 Å². The molecule has 2 N–H and O–H groups in total. The molecule has 11 heteroatoms. The summed E-state index contributed by atoms with van der Waals surface area (Å²) in [5, 5.41) is 3.36. The van der Waals surface area contributed by atoms with Crippen LogP contribution in [-0.4, -0.2) is 20.9 Å². The normalized spacial score (nSPS) is 12.6. The highest BCUT2D eigenvalue weighted by molar-refractivity contribution is 7.92. The lowest BCUT2D eigenvalue weighted by atomic mass is 10.1. The van der Waals surface area contributed by atoms with Gasteiger partial charge in [-0.2, -0.15) is 13.2 Å². The predicted octanol–water partition coefficient (Wildman–Crippen LogP) is 5.42. The number of ether oxygens (including phenoxy) is 1. The summed E-state index contributed by atoms with van der Waals surface area (Å²) < 4.78 is 71.1. The van der Waals surface area contributed by atoms with Crippen molar-refractivity contribution in [2.75, 3.05) is 11.3 Å². The lowest BCUT2D eigenvalue weighted by Crippen LogP contribution is -2.31. The van der Waals surface area contributed by atoms with Crippen molar-refractivity contribution in [2.45, 2.75) is 24.0 Å². The molecule has 180 valence electrons. The molecule has 0 aliphatic carbocycles. The number of hydrogen-bond donors (Lipinski definition) is 2. The van der Waals surface area contributed by atoms with Crippen LogP contribution in [0.5, 0.6) is 5.75 Å². The molecule has 0 saturated heterocycles. The first-order valence-corrected chi connectivity index (χ1v) is 11.8. The lowest BCUT2D eigenvalue weighted by molar-refractivity contribution is -0.137. The Balaban J connectivity index is 1.58. The molecule has 0 unspecified atom stereocenters. The Labute approximate surface area is 199 Å². The summed E-state index contributed by atoms with van der Waals surface area (Å²) in [5.74, 6) is -0.141. The summed E-state index contributed by atoms with van der Waals surface area (Å²) in [4.78, 5) is 12.0. The summed E-state index contributed by atoms with van der Waals surface area (Å²) in [6.45, 7) is 1.50. The van der Waals surface area contributed by atoms with Gasteiger partial charge in [-0.25, -0.2) is 8.42 Å². The number of anilines is 1. The Morgan fingerprint density at radius 2 is 1.68 bits per heavy atom. The van der Waals surface area contributed by atoms with E-state index in [1.807, 2.05) is 0 Å². The first kappa shape index (κ1) is 25.4. The van der Waals surface area contributed by atoms with Crippen LogP contribution in [0.4, 0.5) is 18.9 Å². The Morgan fingerprint density at radius 3 is 2.29 bits per heavy atom. The fourth-order valence-corrected chi connectivity index (χ4v) is 4.13. The van der Waals surface area contributed by atoms with Gasteiger partial charge in [0.2, 0.25) is 0 Å². The second kappa shape index (κ2) is 10.4. The predicted molar refractivity (Wildman–Crippen MR) is 122 cm³/mol. The van der Waals surface area contributed by atoms with E-state index in [0.29, 0.717) is 11.1 Å². The molecule has 0 aliphatic heterocycles. The van der Waals surface area contributed by atoms with Crippen molar-refractivity contribution < 1.29 is 31.1 Å². The van der Waals surface area contributed by atoms with Crippen molar-refractivity contribution in [2.24, 2.45) is 0 Å². The minimum atomic E-state index is -4.60. The van der Waals surface area contributed by atoms with Gasteiger partial charge in [0.25, 0.3) is 15.9 Å². The van der Waals surface area contributed by atoms with Crippen LogP contribution in [0.2, 0.25) is 5.02 Å². The molecule has 0 radical (unpaired) electrons. The number of alkyl halides is 3. The molecule has 34 heavy (non-hydrogen) atoms. The van der Waals surface area contributed by atoms with E-state index in [1.165, 1.54) is 30.3 Å². The molecule has 1 amide bonds. The van der Waals surface area contributed by atoms with Crippen LogP contribution in [0.25, 0.3) is 0 Å². The maximum Gasteiger partial charge on any atom is 0.416 e. The van der Waals surface area contributed by atoms with Crippen LogP contribution < -0.4 is 14.8 Å². The Bertz CT molecular complexity index is 1250. The van der Waals surface area contributed by atoms with Crippen LogP contribution in [-0.2, 0) is 21.0 Å². The van der Waals surface area contributed by atoms with Gasteiger partial charge in [0.05, 0.1) is 16.5 Å². The monoisotopic (exact) mass is 512 g/mol. The maximum atomic E-state index is 12.8. The van der Waals surface area contributed by atoms with E-state index >= 15 is 0 Å². The number of carbonyl (C=O) groups is 1.